The fraction of sp³-hybridized carbons (Fsp3) is 0.526. The lowest BCUT2D eigenvalue weighted by Crippen LogP contribution is -2.52. The summed E-state index contributed by atoms with van der Waals surface area (Å²) in [5.41, 5.74) is 1.02. The van der Waals surface area contributed by atoms with Crippen LogP contribution in [0.1, 0.15) is 29.6 Å². The number of fused-ring (bicyclic) bond motifs is 1. The van der Waals surface area contributed by atoms with Crippen LogP contribution in [0.5, 0.6) is 5.75 Å². The third kappa shape index (κ3) is 3.75. The molecule has 144 valence electrons. The van der Waals surface area contributed by atoms with Gasteiger partial charge >= 0.3 is 0 Å². The van der Waals surface area contributed by atoms with Gasteiger partial charge in [0, 0.05) is 38.3 Å². The zero-order valence-corrected chi connectivity index (χ0v) is 15.1. The van der Waals surface area contributed by atoms with Crippen LogP contribution in [0.25, 0.3) is 0 Å². The smallest absolute Gasteiger partial charge is 0.254 e. The third-order valence-electron chi connectivity index (χ3n) is 5.17. The lowest BCUT2D eigenvalue weighted by molar-refractivity contribution is -0.142. The molecule has 0 saturated carbocycles. The van der Waals surface area contributed by atoms with Crippen molar-refractivity contribution < 1.29 is 23.9 Å². The van der Waals surface area contributed by atoms with E-state index in [0.29, 0.717) is 62.8 Å². The van der Waals surface area contributed by atoms with Crippen molar-refractivity contribution in [3.8, 4) is 5.75 Å². The van der Waals surface area contributed by atoms with Crippen LogP contribution in [0.3, 0.4) is 0 Å². The summed E-state index contributed by atoms with van der Waals surface area (Å²) in [6.45, 7) is 2.96. The predicted molar refractivity (Wildman–Crippen MR) is 96.6 cm³/mol. The van der Waals surface area contributed by atoms with E-state index in [-0.39, 0.29) is 23.8 Å². The molecular formula is C19H23N3O5. The highest BCUT2D eigenvalue weighted by atomic mass is 16.5. The number of piperazine rings is 1. The number of hydrogen-bond acceptors (Lipinski definition) is 5. The van der Waals surface area contributed by atoms with Gasteiger partial charge in [-0.2, -0.15) is 0 Å². The Kier molecular flexibility index (Phi) is 4.98. The zero-order chi connectivity index (χ0) is 18.8. The summed E-state index contributed by atoms with van der Waals surface area (Å²) in [5.74, 6) is 0.369. The van der Waals surface area contributed by atoms with Crippen LogP contribution in [-0.4, -0.2) is 73.0 Å². The van der Waals surface area contributed by atoms with Gasteiger partial charge in [0.05, 0.1) is 18.7 Å². The van der Waals surface area contributed by atoms with Gasteiger partial charge in [0.1, 0.15) is 11.9 Å². The first kappa shape index (κ1) is 17.8. The number of anilines is 1. The van der Waals surface area contributed by atoms with E-state index in [1.54, 1.807) is 28.0 Å². The summed E-state index contributed by atoms with van der Waals surface area (Å²) in [6, 6.07) is 5.08. The second kappa shape index (κ2) is 7.56. The van der Waals surface area contributed by atoms with Gasteiger partial charge in [-0.05, 0) is 31.0 Å². The number of amides is 3. The van der Waals surface area contributed by atoms with Crippen LogP contribution in [-0.2, 0) is 14.3 Å². The Labute approximate surface area is 157 Å². The van der Waals surface area contributed by atoms with Gasteiger partial charge in [-0.3, -0.25) is 14.4 Å². The number of ether oxygens (including phenoxy) is 2. The molecule has 2 fully saturated rings. The second-order valence-electron chi connectivity index (χ2n) is 6.98. The number of rotatable bonds is 2. The first-order valence-electron chi connectivity index (χ1n) is 9.38. The molecule has 0 spiro atoms. The van der Waals surface area contributed by atoms with E-state index in [1.807, 2.05) is 0 Å². The molecule has 0 aromatic heterocycles. The Bertz CT molecular complexity index is 752. The minimum absolute atomic E-state index is 0.0319. The molecule has 8 heteroatoms. The third-order valence-corrected chi connectivity index (χ3v) is 5.17. The minimum atomic E-state index is -0.319. The highest BCUT2D eigenvalue weighted by molar-refractivity contribution is 5.99. The lowest BCUT2D eigenvalue weighted by atomic mass is 10.1. The van der Waals surface area contributed by atoms with Gasteiger partial charge in [-0.15, -0.1) is 0 Å². The van der Waals surface area contributed by atoms with Crippen molar-refractivity contribution in [2.24, 2.45) is 0 Å². The molecule has 1 N–H and O–H groups in total. The summed E-state index contributed by atoms with van der Waals surface area (Å²) in [5, 5.41) is 2.77. The van der Waals surface area contributed by atoms with E-state index in [1.165, 1.54) is 0 Å². The maximum absolute atomic E-state index is 12.8. The van der Waals surface area contributed by atoms with Crippen molar-refractivity contribution in [1.29, 1.82) is 0 Å². The summed E-state index contributed by atoms with van der Waals surface area (Å²) in [6.07, 6.45) is 1.67. The van der Waals surface area contributed by atoms with Crippen LogP contribution in [0, 0.1) is 0 Å². The van der Waals surface area contributed by atoms with Crippen molar-refractivity contribution >= 4 is 23.4 Å². The van der Waals surface area contributed by atoms with E-state index in [4.69, 9.17) is 9.47 Å². The normalized spacial score (nSPS) is 22.5. The molecule has 0 radical (unpaired) electrons. The maximum Gasteiger partial charge on any atom is 0.254 e. The number of nitrogens with one attached hydrogen (secondary N) is 1. The van der Waals surface area contributed by atoms with E-state index in [0.717, 1.165) is 12.8 Å². The molecule has 1 aromatic carbocycles. The number of hydrogen-bond donors (Lipinski definition) is 1. The Morgan fingerprint density at radius 2 is 1.85 bits per heavy atom. The van der Waals surface area contributed by atoms with Gasteiger partial charge in [-0.25, -0.2) is 0 Å². The average molecular weight is 373 g/mol. The average Bonchev–Trinajstić information content (AvgIpc) is 3.16. The molecule has 0 aliphatic carbocycles. The van der Waals surface area contributed by atoms with Gasteiger partial charge in [0.2, 0.25) is 5.91 Å². The Morgan fingerprint density at radius 1 is 1.07 bits per heavy atom. The Morgan fingerprint density at radius 3 is 2.59 bits per heavy atom. The number of carbonyl (C=O) groups excluding carboxylic acids is 3. The number of benzene rings is 1. The van der Waals surface area contributed by atoms with E-state index < -0.39 is 0 Å². The van der Waals surface area contributed by atoms with Crippen molar-refractivity contribution in [1.82, 2.24) is 9.80 Å². The van der Waals surface area contributed by atoms with Gasteiger partial charge in [0.15, 0.2) is 0 Å². The SMILES string of the molecule is O=C1CCOc2ccc(C(=O)N3CCN(C(=O)C4CCCO4)CC3)cc2N1. The van der Waals surface area contributed by atoms with Gasteiger partial charge in [0.25, 0.3) is 11.8 Å². The molecule has 27 heavy (non-hydrogen) atoms. The maximum atomic E-state index is 12.8. The standard InChI is InChI=1S/C19H23N3O5/c23-17-5-11-27-15-4-3-13(12-14(15)20-17)18(24)21-6-8-22(9-7-21)19(25)16-2-1-10-26-16/h3-4,12,16H,1-2,5-11H2,(H,20,23). The predicted octanol–water partition coefficient (Wildman–Crippen LogP) is 0.871. The summed E-state index contributed by atoms with van der Waals surface area (Å²) in [4.78, 5) is 40.5. The fourth-order valence-corrected chi connectivity index (χ4v) is 3.64. The molecule has 0 bridgehead atoms. The molecule has 3 aliphatic rings. The first-order chi connectivity index (χ1) is 13.1. The van der Waals surface area contributed by atoms with Crippen LogP contribution in [0.4, 0.5) is 5.69 Å². The lowest BCUT2D eigenvalue weighted by Gasteiger charge is -2.35. The number of nitrogens with zero attached hydrogens (tertiary/aromatic N) is 2. The van der Waals surface area contributed by atoms with E-state index in [2.05, 4.69) is 5.32 Å². The van der Waals surface area contributed by atoms with Crippen LogP contribution < -0.4 is 10.1 Å². The first-order valence-corrected chi connectivity index (χ1v) is 9.38. The summed E-state index contributed by atoms with van der Waals surface area (Å²) >= 11 is 0. The number of carbonyl (C=O) groups is 3. The van der Waals surface area contributed by atoms with Crippen LogP contribution >= 0.6 is 0 Å². The largest absolute Gasteiger partial charge is 0.491 e. The molecular weight excluding hydrogens is 350 g/mol. The molecule has 3 aliphatic heterocycles. The molecule has 3 heterocycles. The fourth-order valence-electron chi connectivity index (χ4n) is 3.64. The van der Waals surface area contributed by atoms with Gasteiger partial charge < -0.3 is 24.6 Å². The second-order valence-corrected chi connectivity index (χ2v) is 6.98. The highest BCUT2D eigenvalue weighted by Gasteiger charge is 2.31. The molecule has 8 nitrogen and oxygen atoms in total. The Hall–Kier alpha value is -2.61. The van der Waals surface area contributed by atoms with Crippen LogP contribution in [0.15, 0.2) is 18.2 Å². The molecule has 1 aromatic rings. The van der Waals surface area contributed by atoms with Crippen molar-refractivity contribution in [2.75, 3.05) is 44.7 Å². The zero-order valence-electron chi connectivity index (χ0n) is 15.1. The van der Waals surface area contributed by atoms with E-state index >= 15 is 0 Å². The Balaban J connectivity index is 1.39. The van der Waals surface area contributed by atoms with Crippen LogP contribution in [0.2, 0.25) is 0 Å². The topological polar surface area (TPSA) is 88.2 Å². The van der Waals surface area contributed by atoms with Crippen molar-refractivity contribution in [3.05, 3.63) is 23.8 Å². The molecule has 1 atom stereocenters. The minimum Gasteiger partial charge on any atom is -0.491 e. The quantitative estimate of drug-likeness (QED) is 0.831. The molecule has 4 rings (SSSR count). The monoisotopic (exact) mass is 373 g/mol. The highest BCUT2D eigenvalue weighted by Crippen LogP contribution is 2.28. The van der Waals surface area contributed by atoms with Crippen molar-refractivity contribution in [2.45, 2.75) is 25.4 Å². The molecule has 2 saturated heterocycles. The molecule has 3 amide bonds. The molecule has 1 unspecified atom stereocenters. The van der Waals surface area contributed by atoms with Gasteiger partial charge in [-0.1, -0.05) is 0 Å². The van der Waals surface area contributed by atoms with E-state index in [9.17, 15) is 14.4 Å². The summed E-state index contributed by atoms with van der Waals surface area (Å²) in [7, 11) is 0. The van der Waals surface area contributed by atoms with Crippen molar-refractivity contribution in [3.63, 3.8) is 0 Å². The summed E-state index contributed by atoms with van der Waals surface area (Å²) < 4.78 is 11.0.